The average molecular weight is 359 g/mol. The number of halogens is 2. The van der Waals surface area contributed by atoms with E-state index in [4.69, 9.17) is 4.74 Å². The van der Waals surface area contributed by atoms with Crippen molar-refractivity contribution in [3.63, 3.8) is 0 Å². The van der Waals surface area contributed by atoms with Crippen molar-refractivity contribution in [2.75, 3.05) is 11.9 Å². The number of nitrogens with one attached hydrogen (secondary N) is 1. The molecule has 0 heterocycles. The van der Waals surface area contributed by atoms with E-state index in [0.717, 1.165) is 5.56 Å². The molecule has 0 aliphatic rings. The molecule has 0 spiro atoms. The monoisotopic (exact) mass is 358 g/mol. The number of benzene rings is 1. The Balaban J connectivity index is 2.84. The number of ether oxygens (including phenoxy) is 1. The lowest BCUT2D eigenvalue weighted by Gasteiger charge is -2.12. The Hall–Kier alpha value is -1.43. The van der Waals surface area contributed by atoms with E-state index in [1.54, 1.807) is 19.2 Å². The molecule has 6 heteroatoms. The van der Waals surface area contributed by atoms with E-state index >= 15 is 0 Å². The van der Waals surface area contributed by atoms with Crippen LogP contribution in [-0.2, 0) is 11.2 Å². The summed E-state index contributed by atoms with van der Waals surface area (Å²) in [6, 6.07) is 3.13. The summed E-state index contributed by atoms with van der Waals surface area (Å²) in [5.74, 6) is -0.517. The van der Waals surface area contributed by atoms with Gasteiger partial charge >= 0.3 is 6.09 Å². The molecule has 116 valence electrons. The van der Waals surface area contributed by atoms with E-state index in [1.165, 1.54) is 6.07 Å². The molecule has 0 aromatic heterocycles. The first-order valence-corrected chi connectivity index (χ1v) is 7.47. The van der Waals surface area contributed by atoms with Gasteiger partial charge in [-0.1, -0.05) is 0 Å². The number of hydrogen-bond donors (Lipinski definition) is 1. The SMILES string of the molecule is CCOC(=O)Nc1c(F)cc(CC=NC(C)(C)C)cc1Br. The molecule has 0 atom stereocenters. The number of carbonyl (C=O) groups excluding carboxylic acids is 1. The molecule has 0 unspecified atom stereocenters. The highest BCUT2D eigenvalue weighted by Gasteiger charge is 2.13. The molecule has 0 radical (unpaired) electrons. The quantitative estimate of drug-likeness (QED) is 0.801. The molecule has 1 aromatic rings. The summed E-state index contributed by atoms with van der Waals surface area (Å²) in [6.07, 6.45) is 1.60. The fourth-order valence-corrected chi connectivity index (χ4v) is 2.14. The minimum atomic E-state index is -0.681. The van der Waals surface area contributed by atoms with Crippen LogP contribution in [0.25, 0.3) is 0 Å². The Labute approximate surface area is 132 Å². The Morgan fingerprint density at radius 1 is 1.48 bits per heavy atom. The fraction of sp³-hybridized carbons (Fsp3) is 0.467. The van der Waals surface area contributed by atoms with E-state index in [-0.39, 0.29) is 17.8 Å². The molecule has 0 saturated heterocycles. The Morgan fingerprint density at radius 2 is 2.14 bits per heavy atom. The molecule has 0 aliphatic carbocycles. The van der Waals surface area contributed by atoms with Crippen LogP contribution in [0, 0.1) is 5.82 Å². The number of amides is 1. The highest BCUT2D eigenvalue weighted by Crippen LogP contribution is 2.27. The molecule has 1 rings (SSSR count). The smallest absolute Gasteiger partial charge is 0.411 e. The van der Waals surface area contributed by atoms with E-state index in [0.29, 0.717) is 10.9 Å². The van der Waals surface area contributed by atoms with Crippen LogP contribution in [0.1, 0.15) is 33.3 Å². The fourth-order valence-electron chi connectivity index (χ4n) is 1.56. The van der Waals surface area contributed by atoms with Crippen LogP contribution in [-0.4, -0.2) is 24.5 Å². The van der Waals surface area contributed by atoms with Crippen LogP contribution in [0.4, 0.5) is 14.9 Å². The molecule has 21 heavy (non-hydrogen) atoms. The number of carbonyl (C=O) groups is 1. The third kappa shape index (κ3) is 6.25. The van der Waals surface area contributed by atoms with Crippen molar-refractivity contribution in [1.82, 2.24) is 0 Å². The third-order valence-corrected chi connectivity index (χ3v) is 3.04. The van der Waals surface area contributed by atoms with Crippen molar-refractivity contribution < 1.29 is 13.9 Å². The van der Waals surface area contributed by atoms with E-state index in [9.17, 15) is 9.18 Å². The van der Waals surface area contributed by atoms with Crippen LogP contribution in [0.5, 0.6) is 0 Å². The maximum atomic E-state index is 14.0. The van der Waals surface area contributed by atoms with Gasteiger partial charge < -0.3 is 4.74 Å². The van der Waals surface area contributed by atoms with Crippen molar-refractivity contribution in [3.05, 3.63) is 28.0 Å². The number of aliphatic imine (C=N–C) groups is 1. The molecule has 0 aliphatic heterocycles. The Kier molecular flexibility index (Phi) is 6.33. The van der Waals surface area contributed by atoms with Crippen molar-refractivity contribution >= 4 is 33.9 Å². The van der Waals surface area contributed by atoms with Crippen molar-refractivity contribution in [3.8, 4) is 0 Å². The zero-order chi connectivity index (χ0) is 16.0. The topological polar surface area (TPSA) is 50.7 Å². The summed E-state index contributed by atoms with van der Waals surface area (Å²) < 4.78 is 19.2. The third-order valence-electron chi connectivity index (χ3n) is 2.41. The van der Waals surface area contributed by atoms with Gasteiger partial charge in [-0.25, -0.2) is 9.18 Å². The highest BCUT2D eigenvalue weighted by molar-refractivity contribution is 9.10. The van der Waals surface area contributed by atoms with Gasteiger partial charge in [0.15, 0.2) is 0 Å². The highest BCUT2D eigenvalue weighted by atomic mass is 79.9. The van der Waals surface area contributed by atoms with Crippen molar-refractivity contribution in [2.24, 2.45) is 4.99 Å². The predicted octanol–water partition coefficient (Wildman–Crippen LogP) is 4.57. The van der Waals surface area contributed by atoms with Gasteiger partial charge in [-0.15, -0.1) is 0 Å². The normalized spacial score (nSPS) is 11.7. The largest absolute Gasteiger partial charge is 0.450 e. The number of rotatable bonds is 4. The molecular weight excluding hydrogens is 339 g/mol. The van der Waals surface area contributed by atoms with Gasteiger partial charge in [0.05, 0.1) is 17.8 Å². The summed E-state index contributed by atoms with van der Waals surface area (Å²) in [5, 5.41) is 2.37. The maximum absolute atomic E-state index is 14.0. The molecule has 0 fully saturated rings. The average Bonchev–Trinajstić information content (AvgIpc) is 2.32. The predicted molar refractivity (Wildman–Crippen MR) is 86.7 cm³/mol. The summed E-state index contributed by atoms with van der Waals surface area (Å²) in [6.45, 7) is 7.89. The lowest BCUT2D eigenvalue weighted by atomic mass is 10.1. The van der Waals surface area contributed by atoms with Gasteiger partial charge in [0.25, 0.3) is 0 Å². The number of anilines is 1. The molecular formula is C15H20BrFN2O2. The number of hydrogen-bond acceptors (Lipinski definition) is 3. The van der Waals surface area contributed by atoms with Crippen LogP contribution in [0.3, 0.4) is 0 Å². The molecule has 1 aromatic carbocycles. The van der Waals surface area contributed by atoms with E-state index in [1.807, 2.05) is 20.8 Å². The van der Waals surface area contributed by atoms with Gasteiger partial charge in [0.1, 0.15) is 5.82 Å². The zero-order valence-electron chi connectivity index (χ0n) is 12.7. The summed E-state index contributed by atoms with van der Waals surface area (Å²) >= 11 is 3.25. The van der Waals surface area contributed by atoms with Crippen LogP contribution < -0.4 is 5.32 Å². The second kappa shape index (κ2) is 7.54. The number of nitrogens with zero attached hydrogens (tertiary/aromatic N) is 1. The second-order valence-corrected chi connectivity index (χ2v) is 6.32. The van der Waals surface area contributed by atoms with Gasteiger partial charge in [0, 0.05) is 17.1 Å². The van der Waals surface area contributed by atoms with Gasteiger partial charge in [-0.2, -0.15) is 0 Å². The zero-order valence-corrected chi connectivity index (χ0v) is 14.3. The standard InChI is InChI=1S/C15H20BrFN2O2/c1-5-21-14(20)19-13-11(16)8-10(9-12(13)17)6-7-18-15(2,3)4/h7-9H,5-6H2,1-4H3,(H,19,20). The van der Waals surface area contributed by atoms with Crippen LogP contribution >= 0.6 is 15.9 Å². The van der Waals surface area contributed by atoms with Gasteiger partial charge in [-0.05, 0) is 61.3 Å². The van der Waals surface area contributed by atoms with Crippen molar-refractivity contribution in [1.29, 1.82) is 0 Å². The molecule has 0 bridgehead atoms. The minimum absolute atomic E-state index is 0.0740. The minimum Gasteiger partial charge on any atom is -0.450 e. The lowest BCUT2D eigenvalue weighted by Crippen LogP contribution is -2.15. The van der Waals surface area contributed by atoms with E-state index < -0.39 is 11.9 Å². The molecule has 4 nitrogen and oxygen atoms in total. The maximum Gasteiger partial charge on any atom is 0.411 e. The Morgan fingerprint density at radius 3 is 2.67 bits per heavy atom. The summed E-state index contributed by atoms with van der Waals surface area (Å²) in [4.78, 5) is 15.7. The Bertz CT molecular complexity index is 516. The van der Waals surface area contributed by atoms with Crippen molar-refractivity contribution in [2.45, 2.75) is 39.7 Å². The molecule has 1 amide bonds. The van der Waals surface area contributed by atoms with E-state index in [2.05, 4.69) is 26.2 Å². The molecule has 1 N–H and O–H groups in total. The van der Waals surface area contributed by atoms with Crippen LogP contribution in [0.2, 0.25) is 0 Å². The first-order chi connectivity index (χ1) is 9.73. The molecule has 0 saturated carbocycles. The first-order valence-electron chi connectivity index (χ1n) is 6.68. The summed E-state index contributed by atoms with van der Waals surface area (Å²) in [7, 11) is 0. The second-order valence-electron chi connectivity index (χ2n) is 5.47. The van der Waals surface area contributed by atoms with Crippen LogP contribution in [0.15, 0.2) is 21.6 Å². The lowest BCUT2D eigenvalue weighted by molar-refractivity contribution is 0.167. The van der Waals surface area contributed by atoms with Gasteiger partial charge in [-0.3, -0.25) is 10.3 Å². The summed E-state index contributed by atoms with van der Waals surface area (Å²) in [5.41, 5.74) is 0.688. The first kappa shape index (κ1) is 17.6. The van der Waals surface area contributed by atoms with Gasteiger partial charge in [0.2, 0.25) is 0 Å².